The van der Waals surface area contributed by atoms with Crippen LogP contribution in [0.4, 0.5) is 22.7 Å². The number of nitrogens with zero attached hydrogens (tertiary/aromatic N) is 3. The Bertz CT molecular complexity index is 1840. The first-order valence-corrected chi connectivity index (χ1v) is 16.7. The number of aromatic nitrogens is 1. The highest BCUT2D eigenvalue weighted by molar-refractivity contribution is 6.09. The number of aliphatic carboxylic acids is 1. The summed E-state index contributed by atoms with van der Waals surface area (Å²) in [6.45, 7) is 8.91. The van der Waals surface area contributed by atoms with Crippen molar-refractivity contribution in [3.05, 3.63) is 119 Å². The molecular formula is C41H48ClN3O3. The first kappa shape index (κ1) is 36.3. The summed E-state index contributed by atoms with van der Waals surface area (Å²) in [7, 11) is 4.08. The Balaban J connectivity index is 0.00000520. The average molecular weight is 666 g/mol. The van der Waals surface area contributed by atoms with E-state index < -0.39 is 5.97 Å². The number of carboxylic acid groups (broad SMARTS) is 1. The van der Waals surface area contributed by atoms with E-state index >= 15 is 0 Å². The van der Waals surface area contributed by atoms with Crippen molar-refractivity contribution in [1.82, 2.24) is 4.57 Å². The molecule has 0 aliphatic heterocycles. The number of hydrogen-bond acceptors (Lipinski definition) is 4. The predicted molar refractivity (Wildman–Crippen MR) is 202 cm³/mol. The van der Waals surface area contributed by atoms with Crippen molar-refractivity contribution in [3.8, 4) is 0 Å². The van der Waals surface area contributed by atoms with E-state index in [1.165, 1.54) is 11.1 Å². The molecule has 0 atom stereocenters. The lowest BCUT2D eigenvalue weighted by Gasteiger charge is -2.30. The molecule has 5 aromatic rings. The summed E-state index contributed by atoms with van der Waals surface area (Å²) in [5.41, 5.74) is 8.72. The fourth-order valence-electron chi connectivity index (χ4n) is 6.43. The highest BCUT2D eigenvalue weighted by Gasteiger charge is 2.25. The minimum absolute atomic E-state index is 0. The summed E-state index contributed by atoms with van der Waals surface area (Å²) >= 11 is 0. The van der Waals surface area contributed by atoms with Crippen molar-refractivity contribution in [3.63, 3.8) is 0 Å². The van der Waals surface area contributed by atoms with Crippen LogP contribution < -0.4 is 9.80 Å². The summed E-state index contributed by atoms with van der Waals surface area (Å²) in [6.07, 6.45) is 5.11. The number of para-hydroxylation sites is 2. The van der Waals surface area contributed by atoms with Crippen molar-refractivity contribution in [2.24, 2.45) is 11.8 Å². The van der Waals surface area contributed by atoms with Crippen molar-refractivity contribution in [1.29, 1.82) is 0 Å². The Labute approximate surface area is 291 Å². The number of fused-ring (bicyclic) bond motifs is 1. The van der Waals surface area contributed by atoms with E-state index in [2.05, 4.69) is 99.1 Å². The highest BCUT2D eigenvalue weighted by atomic mass is 35.5. The van der Waals surface area contributed by atoms with Crippen LogP contribution in [0.1, 0.15) is 67.6 Å². The molecule has 0 bridgehead atoms. The van der Waals surface area contributed by atoms with Gasteiger partial charge in [0.2, 0.25) is 0 Å². The van der Waals surface area contributed by atoms with Crippen LogP contribution in [0.5, 0.6) is 0 Å². The second-order valence-electron chi connectivity index (χ2n) is 13.4. The van der Waals surface area contributed by atoms with Gasteiger partial charge in [0.25, 0.3) is 5.91 Å². The Morgan fingerprint density at radius 1 is 0.729 bits per heavy atom. The van der Waals surface area contributed by atoms with E-state index in [1.807, 2.05) is 49.6 Å². The quantitative estimate of drug-likeness (QED) is 0.136. The molecule has 6 nitrogen and oxygen atoms in total. The molecule has 0 unspecified atom stereocenters. The van der Waals surface area contributed by atoms with Crippen molar-refractivity contribution in [2.75, 3.05) is 23.9 Å². The van der Waals surface area contributed by atoms with E-state index in [0.29, 0.717) is 30.2 Å². The van der Waals surface area contributed by atoms with Crippen LogP contribution >= 0.6 is 12.4 Å². The minimum Gasteiger partial charge on any atom is -0.481 e. The number of anilines is 4. The topological polar surface area (TPSA) is 65.8 Å². The SMILES string of the molecule is CC(C)Cc1ccc(N(C)c2cccc(C(=O)n3cc(CCCC(=O)O)c4ccccc43)c2N(C)c2ccc(CC(C)C)cc2)cc1.Cl. The number of benzene rings is 4. The lowest BCUT2D eigenvalue weighted by atomic mass is 10.0. The molecule has 0 aliphatic carbocycles. The van der Waals surface area contributed by atoms with Crippen molar-refractivity contribution >= 4 is 57.9 Å². The van der Waals surface area contributed by atoms with Gasteiger partial charge in [-0.15, -0.1) is 12.4 Å². The second kappa shape index (κ2) is 16.0. The molecule has 7 heteroatoms. The molecule has 4 aromatic carbocycles. The average Bonchev–Trinajstić information content (AvgIpc) is 3.42. The monoisotopic (exact) mass is 665 g/mol. The van der Waals surface area contributed by atoms with Gasteiger partial charge in [-0.05, 0) is 96.7 Å². The van der Waals surface area contributed by atoms with Gasteiger partial charge in [-0.1, -0.05) is 76.2 Å². The largest absolute Gasteiger partial charge is 0.481 e. The van der Waals surface area contributed by atoms with Crippen LogP contribution in [0, 0.1) is 11.8 Å². The van der Waals surface area contributed by atoms with Crippen molar-refractivity contribution < 1.29 is 14.7 Å². The Morgan fingerprint density at radius 2 is 1.29 bits per heavy atom. The standard InChI is InChI=1S/C41H47N3O3.ClH/c1-28(2)25-30-17-21-33(22-18-30)42(5)38-15-10-13-36(40(38)43(6)34-23-19-31(20-24-34)26-29(3)4)41(47)44-27-32(11-9-16-39(45)46)35-12-7-8-14-37(35)44;/h7-8,10,12-15,17-24,27-29H,9,11,16,25-26H2,1-6H3,(H,45,46);1H. The van der Waals surface area contributed by atoms with Crippen LogP contribution in [0.3, 0.4) is 0 Å². The van der Waals surface area contributed by atoms with Crippen LogP contribution in [-0.4, -0.2) is 35.6 Å². The Morgan fingerprint density at radius 3 is 1.85 bits per heavy atom. The van der Waals surface area contributed by atoms with Gasteiger partial charge >= 0.3 is 5.97 Å². The summed E-state index contributed by atoms with van der Waals surface area (Å²) in [5, 5.41) is 10.2. The summed E-state index contributed by atoms with van der Waals surface area (Å²) < 4.78 is 1.73. The van der Waals surface area contributed by atoms with Gasteiger partial charge in [-0.2, -0.15) is 0 Å². The van der Waals surface area contributed by atoms with E-state index in [4.69, 9.17) is 0 Å². The molecule has 1 heterocycles. The van der Waals surface area contributed by atoms with Crippen LogP contribution in [-0.2, 0) is 24.1 Å². The van der Waals surface area contributed by atoms with Gasteiger partial charge in [0.05, 0.1) is 22.5 Å². The zero-order valence-corrected chi connectivity index (χ0v) is 29.8. The van der Waals surface area contributed by atoms with Gasteiger partial charge in [-0.3, -0.25) is 14.2 Å². The predicted octanol–water partition coefficient (Wildman–Crippen LogP) is 10.1. The first-order chi connectivity index (χ1) is 22.5. The molecule has 48 heavy (non-hydrogen) atoms. The number of carbonyl (C=O) groups is 2. The van der Waals surface area contributed by atoms with E-state index in [0.717, 1.165) is 52.1 Å². The number of halogens is 1. The molecule has 1 N–H and O–H groups in total. The molecular weight excluding hydrogens is 618 g/mol. The molecule has 0 saturated carbocycles. The van der Waals surface area contributed by atoms with Gasteiger partial charge in [0.1, 0.15) is 0 Å². The molecule has 0 saturated heterocycles. The molecule has 0 fully saturated rings. The Kier molecular flexibility index (Phi) is 12.1. The molecule has 5 rings (SSSR count). The smallest absolute Gasteiger partial charge is 0.303 e. The third-order valence-electron chi connectivity index (χ3n) is 8.73. The molecule has 0 amide bonds. The molecule has 252 valence electrons. The maximum atomic E-state index is 14.7. The maximum absolute atomic E-state index is 14.7. The molecule has 0 aliphatic rings. The number of carboxylic acids is 1. The molecule has 0 spiro atoms. The van der Waals surface area contributed by atoms with Crippen molar-refractivity contribution in [2.45, 2.75) is 59.8 Å². The lowest BCUT2D eigenvalue weighted by molar-refractivity contribution is -0.137. The number of carbonyl (C=O) groups excluding carboxylic acids is 1. The van der Waals surface area contributed by atoms with E-state index in [9.17, 15) is 14.7 Å². The third kappa shape index (κ3) is 8.29. The fraction of sp³-hybridized carbons (Fsp3) is 0.317. The summed E-state index contributed by atoms with van der Waals surface area (Å²) in [5.74, 6) is 0.196. The first-order valence-electron chi connectivity index (χ1n) is 16.7. The lowest BCUT2D eigenvalue weighted by Crippen LogP contribution is -2.22. The number of rotatable bonds is 13. The summed E-state index contributed by atoms with van der Waals surface area (Å²) in [4.78, 5) is 30.2. The van der Waals surface area contributed by atoms with Gasteiger partial charge < -0.3 is 14.9 Å². The van der Waals surface area contributed by atoms with Crippen LogP contribution in [0.2, 0.25) is 0 Å². The van der Waals surface area contributed by atoms with Crippen LogP contribution in [0.25, 0.3) is 10.9 Å². The molecule has 0 radical (unpaired) electrons. The zero-order chi connectivity index (χ0) is 33.7. The third-order valence-corrected chi connectivity index (χ3v) is 8.73. The van der Waals surface area contributed by atoms with Gasteiger partial charge in [0.15, 0.2) is 0 Å². The molecule has 1 aromatic heterocycles. The zero-order valence-electron chi connectivity index (χ0n) is 28.9. The minimum atomic E-state index is -0.815. The second-order valence-corrected chi connectivity index (χ2v) is 13.4. The number of aryl methyl sites for hydroxylation is 1. The van der Waals surface area contributed by atoms with E-state index in [1.54, 1.807) is 4.57 Å². The normalized spacial score (nSPS) is 11.2. The number of hydrogen-bond donors (Lipinski definition) is 1. The highest BCUT2D eigenvalue weighted by Crippen LogP contribution is 2.40. The van der Waals surface area contributed by atoms with E-state index in [-0.39, 0.29) is 24.7 Å². The Hall–Kier alpha value is -4.55. The summed E-state index contributed by atoms with van der Waals surface area (Å²) in [6, 6.07) is 31.1. The van der Waals surface area contributed by atoms with Gasteiger partial charge in [-0.25, -0.2) is 0 Å². The van der Waals surface area contributed by atoms with Crippen LogP contribution in [0.15, 0.2) is 97.2 Å². The maximum Gasteiger partial charge on any atom is 0.303 e. The fourth-order valence-corrected chi connectivity index (χ4v) is 6.43. The van der Waals surface area contributed by atoms with Gasteiger partial charge in [0, 0.05) is 43.5 Å².